The zero-order valence-electron chi connectivity index (χ0n) is 10.1. The van der Waals surface area contributed by atoms with Crippen molar-refractivity contribution in [2.75, 3.05) is 0 Å². The monoisotopic (exact) mass is 235 g/mol. The van der Waals surface area contributed by atoms with E-state index in [1.807, 2.05) is 12.1 Å². The molecule has 0 bridgehead atoms. The van der Waals surface area contributed by atoms with Gasteiger partial charge in [-0.2, -0.15) is 5.26 Å². The zero-order chi connectivity index (χ0) is 12.3. The van der Waals surface area contributed by atoms with Crippen LogP contribution in [0.15, 0.2) is 23.1 Å². The minimum Gasteiger partial charge on any atom is -0.389 e. The number of aliphatic hydroxyl groups is 1. The molecular weight excluding hydrogens is 218 g/mol. The van der Waals surface area contributed by atoms with Gasteiger partial charge in [-0.25, -0.2) is 0 Å². The first-order valence-electron chi connectivity index (χ1n) is 5.24. The van der Waals surface area contributed by atoms with Crippen LogP contribution in [0.25, 0.3) is 0 Å². The van der Waals surface area contributed by atoms with Gasteiger partial charge in [-0.3, -0.25) is 0 Å². The van der Waals surface area contributed by atoms with Crippen LogP contribution in [0.3, 0.4) is 0 Å². The molecule has 16 heavy (non-hydrogen) atoms. The normalized spacial score (nSPS) is 13.2. The Hall–Kier alpha value is -0.980. The molecule has 2 nitrogen and oxygen atoms in total. The molecule has 0 radical (unpaired) electrons. The second kappa shape index (κ2) is 4.90. The van der Waals surface area contributed by atoms with Gasteiger partial charge in [-0.05, 0) is 24.6 Å². The Balaban J connectivity index is 3.17. The fourth-order valence-electron chi connectivity index (χ4n) is 1.37. The molecule has 0 aliphatic heterocycles. The molecule has 1 rings (SSSR count). The van der Waals surface area contributed by atoms with Gasteiger partial charge in [0, 0.05) is 9.64 Å². The summed E-state index contributed by atoms with van der Waals surface area (Å²) in [5.74, 6) is 0. The Labute approximate surface area is 101 Å². The number of hydrogen-bond acceptors (Lipinski definition) is 3. The number of aliphatic hydroxyl groups excluding tert-OH is 1. The lowest BCUT2D eigenvalue weighted by Gasteiger charge is -2.21. The van der Waals surface area contributed by atoms with E-state index in [1.165, 1.54) is 0 Å². The van der Waals surface area contributed by atoms with Gasteiger partial charge < -0.3 is 5.11 Å². The Kier molecular flexibility index (Phi) is 4.01. The highest BCUT2D eigenvalue weighted by molar-refractivity contribution is 8.00. The van der Waals surface area contributed by atoms with Crippen LogP contribution in [-0.4, -0.2) is 9.85 Å². The molecule has 0 fully saturated rings. The lowest BCUT2D eigenvalue weighted by atomic mass is 10.1. The van der Waals surface area contributed by atoms with Crippen molar-refractivity contribution in [3.05, 3.63) is 29.3 Å². The second-order valence-electron chi connectivity index (χ2n) is 4.75. The Morgan fingerprint density at radius 1 is 1.38 bits per heavy atom. The standard InChI is InChI=1S/C13H17NOS/c1-9(15)11-6-5-10(8-14)7-12(11)16-13(2,3)4/h5-7,9,15H,1-4H3/t9-/m1/s1. The van der Waals surface area contributed by atoms with Crippen molar-refractivity contribution in [1.29, 1.82) is 5.26 Å². The van der Waals surface area contributed by atoms with Crippen molar-refractivity contribution in [2.24, 2.45) is 0 Å². The van der Waals surface area contributed by atoms with Gasteiger partial charge >= 0.3 is 0 Å². The van der Waals surface area contributed by atoms with E-state index in [-0.39, 0.29) is 4.75 Å². The maximum atomic E-state index is 9.67. The largest absolute Gasteiger partial charge is 0.389 e. The zero-order valence-corrected chi connectivity index (χ0v) is 10.9. The first-order chi connectivity index (χ1) is 7.33. The predicted molar refractivity (Wildman–Crippen MR) is 67.4 cm³/mol. The number of nitriles is 1. The average Bonchev–Trinajstić information content (AvgIpc) is 2.14. The van der Waals surface area contributed by atoms with Crippen molar-refractivity contribution < 1.29 is 5.11 Å². The van der Waals surface area contributed by atoms with Crippen molar-refractivity contribution in [3.8, 4) is 6.07 Å². The molecule has 1 aromatic rings. The lowest BCUT2D eigenvalue weighted by Crippen LogP contribution is -2.08. The van der Waals surface area contributed by atoms with Crippen molar-refractivity contribution in [1.82, 2.24) is 0 Å². The fourth-order valence-corrected chi connectivity index (χ4v) is 2.57. The van der Waals surface area contributed by atoms with Crippen molar-refractivity contribution >= 4 is 11.8 Å². The summed E-state index contributed by atoms with van der Waals surface area (Å²) in [6.07, 6.45) is -0.502. The number of rotatable bonds is 2. The van der Waals surface area contributed by atoms with Gasteiger partial charge in [0.2, 0.25) is 0 Å². The molecule has 3 heteroatoms. The van der Waals surface area contributed by atoms with Crippen LogP contribution in [0, 0.1) is 11.3 Å². The molecule has 0 saturated carbocycles. The maximum Gasteiger partial charge on any atom is 0.0992 e. The Morgan fingerprint density at radius 3 is 2.44 bits per heavy atom. The van der Waals surface area contributed by atoms with E-state index >= 15 is 0 Å². The van der Waals surface area contributed by atoms with Gasteiger partial charge in [0.05, 0.1) is 17.7 Å². The van der Waals surface area contributed by atoms with E-state index in [1.54, 1.807) is 24.8 Å². The third-order valence-corrected chi connectivity index (χ3v) is 3.19. The number of hydrogen-bond donors (Lipinski definition) is 1. The van der Waals surface area contributed by atoms with Crippen molar-refractivity contribution in [3.63, 3.8) is 0 Å². The molecule has 1 N–H and O–H groups in total. The smallest absolute Gasteiger partial charge is 0.0992 e. The third-order valence-electron chi connectivity index (χ3n) is 2.01. The molecule has 0 aromatic heterocycles. The van der Waals surface area contributed by atoms with Gasteiger partial charge in [-0.1, -0.05) is 26.8 Å². The first-order valence-corrected chi connectivity index (χ1v) is 6.06. The average molecular weight is 235 g/mol. The fraction of sp³-hybridized carbons (Fsp3) is 0.462. The molecule has 0 spiro atoms. The summed E-state index contributed by atoms with van der Waals surface area (Å²) in [7, 11) is 0. The lowest BCUT2D eigenvalue weighted by molar-refractivity contribution is 0.196. The molecule has 0 unspecified atom stereocenters. The van der Waals surface area contributed by atoms with Gasteiger partial charge in [0.15, 0.2) is 0 Å². The third kappa shape index (κ3) is 3.55. The van der Waals surface area contributed by atoms with Crippen LogP contribution in [-0.2, 0) is 0 Å². The van der Waals surface area contributed by atoms with Gasteiger partial charge in [-0.15, -0.1) is 11.8 Å². The van der Waals surface area contributed by atoms with Crippen LogP contribution >= 0.6 is 11.8 Å². The second-order valence-corrected chi connectivity index (χ2v) is 6.62. The topological polar surface area (TPSA) is 44.0 Å². The highest BCUT2D eigenvalue weighted by Gasteiger charge is 2.17. The van der Waals surface area contributed by atoms with E-state index in [9.17, 15) is 5.11 Å². The van der Waals surface area contributed by atoms with Gasteiger partial charge in [0.1, 0.15) is 0 Å². The highest BCUT2D eigenvalue weighted by Crippen LogP contribution is 2.36. The molecule has 0 heterocycles. The Morgan fingerprint density at radius 2 is 2.00 bits per heavy atom. The minimum absolute atomic E-state index is 0.0672. The summed E-state index contributed by atoms with van der Waals surface area (Å²) in [5.41, 5.74) is 1.52. The first kappa shape index (κ1) is 13.1. The summed E-state index contributed by atoms with van der Waals surface area (Å²) >= 11 is 1.67. The van der Waals surface area contributed by atoms with E-state index in [2.05, 4.69) is 26.8 Å². The summed E-state index contributed by atoms with van der Waals surface area (Å²) in [5, 5.41) is 18.5. The molecule has 0 amide bonds. The highest BCUT2D eigenvalue weighted by atomic mass is 32.2. The Bertz CT molecular complexity index is 413. The van der Waals surface area contributed by atoms with Crippen molar-refractivity contribution in [2.45, 2.75) is 43.4 Å². The van der Waals surface area contributed by atoms with Crippen LogP contribution in [0.2, 0.25) is 0 Å². The minimum atomic E-state index is -0.502. The molecule has 1 aromatic carbocycles. The van der Waals surface area contributed by atoms with Crippen LogP contribution in [0.4, 0.5) is 0 Å². The summed E-state index contributed by atoms with van der Waals surface area (Å²) in [6.45, 7) is 8.09. The number of nitrogens with zero attached hydrogens (tertiary/aromatic N) is 1. The molecule has 0 aliphatic rings. The maximum absolute atomic E-state index is 9.67. The van der Waals surface area contributed by atoms with E-state index in [4.69, 9.17) is 5.26 Å². The SMILES string of the molecule is C[C@@H](O)c1ccc(C#N)cc1SC(C)(C)C. The molecule has 0 saturated heterocycles. The number of benzene rings is 1. The van der Waals surface area contributed by atoms with Crippen LogP contribution < -0.4 is 0 Å². The molecule has 1 atom stereocenters. The van der Waals surface area contributed by atoms with E-state index in [0.29, 0.717) is 5.56 Å². The van der Waals surface area contributed by atoms with E-state index < -0.39 is 6.10 Å². The van der Waals surface area contributed by atoms with Crippen LogP contribution in [0.5, 0.6) is 0 Å². The van der Waals surface area contributed by atoms with Gasteiger partial charge in [0.25, 0.3) is 0 Å². The summed E-state index contributed by atoms with van der Waals surface area (Å²) in [6, 6.07) is 7.54. The van der Waals surface area contributed by atoms with Crippen LogP contribution in [0.1, 0.15) is 44.9 Å². The summed E-state index contributed by atoms with van der Waals surface area (Å²) < 4.78 is 0.0672. The van der Waals surface area contributed by atoms with E-state index in [0.717, 1.165) is 10.5 Å². The quantitative estimate of drug-likeness (QED) is 0.798. The predicted octanol–water partition coefficient (Wildman–Crippen LogP) is 3.50. The molecule has 0 aliphatic carbocycles. The number of thioether (sulfide) groups is 1. The summed E-state index contributed by atoms with van der Waals surface area (Å²) in [4.78, 5) is 0.988. The molecule has 86 valence electrons. The molecular formula is C13H17NOS.